The third-order valence-corrected chi connectivity index (χ3v) is 8.08. The van der Waals surface area contributed by atoms with Gasteiger partial charge in [0.05, 0.1) is 28.7 Å². The summed E-state index contributed by atoms with van der Waals surface area (Å²) in [7, 11) is 0. The molecule has 0 radical (unpaired) electrons. The monoisotopic (exact) mass is 475 g/mol. The molecule has 1 aliphatic rings. The zero-order chi connectivity index (χ0) is 22.6. The number of rotatable bonds is 6. The molecule has 6 nitrogen and oxygen atoms in total. The molecule has 1 saturated heterocycles. The molecule has 33 heavy (non-hydrogen) atoms. The van der Waals surface area contributed by atoms with Gasteiger partial charge in [0.2, 0.25) is 5.91 Å². The number of thiazole rings is 1. The van der Waals surface area contributed by atoms with E-state index in [-0.39, 0.29) is 11.8 Å². The van der Waals surface area contributed by atoms with Crippen LogP contribution < -0.4 is 10.2 Å². The Labute approximate surface area is 201 Å². The van der Waals surface area contributed by atoms with E-state index < -0.39 is 0 Å². The van der Waals surface area contributed by atoms with Gasteiger partial charge in [-0.3, -0.25) is 4.79 Å². The van der Waals surface area contributed by atoms with Crippen LogP contribution in [-0.2, 0) is 11.3 Å². The van der Waals surface area contributed by atoms with Gasteiger partial charge in [-0.2, -0.15) is 0 Å². The Morgan fingerprint density at radius 3 is 2.76 bits per heavy atom. The number of nitrogens with one attached hydrogen (secondary N) is 1. The average molecular weight is 476 g/mol. The molecule has 1 unspecified atom stereocenters. The van der Waals surface area contributed by atoms with E-state index in [0.717, 1.165) is 52.0 Å². The van der Waals surface area contributed by atoms with Crippen molar-refractivity contribution in [2.45, 2.75) is 26.3 Å². The molecule has 1 amide bonds. The number of amides is 1. The summed E-state index contributed by atoms with van der Waals surface area (Å²) < 4.78 is 0. The van der Waals surface area contributed by atoms with E-state index in [1.54, 1.807) is 22.7 Å². The lowest BCUT2D eigenvalue weighted by Crippen LogP contribution is -2.43. The van der Waals surface area contributed by atoms with Crippen molar-refractivity contribution in [1.29, 1.82) is 0 Å². The molecule has 3 aromatic heterocycles. The molecule has 168 valence electrons. The van der Waals surface area contributed by atoms with Gasteiger partial charge in [0, 0.05) is 23.5 Å². The second-order valence-corrected chi connectivity index (χ2v) is 10.2. The minimum Gasteiger partial charge on any atom is -0.354 e. The van der Waals surface area contributed by atoms with Gasteiger partial charge in [0.1, 0.15) is 5.01 Å². The van der Waals surface area contributed by atoms with Crippen molar-refractivity contribution in [2.24, 2.45) is 5.92 Å². The first-order valence-electron chi connectivity index (χ1n) is 11.1. The number of carbonyl (C=O) groups is 1. The third-order valence-electron chi connectivity index (χ3n) is 5.88. The summed E-state index contributed by atoms with van der Waals surface area (Å²) in [6, 6.07) is 18.2. The number of anilines is 1. The number of hydrogen-bond donors (Lipinski definition) is 1. The quantitative estimate of drug-likeness (QED) is 0.417. The first-order valence-corrected chi connectivity index (χ1v) is 12.8. The molecule has 0 spiro atoms. The summed E-state index contributed by atoms with van der Waals surface area (Å²) in [5.41, 5.74) is 2.89. The second-order valence-electron chi connectivity index (χ2n) is 8.15. The molecule has 1 aromatic carbocycles. The fourth-order valence-corrected chi connectivity index (χ4v) is 5.86. The number of piperidine rings is 1. The van der Waals surface area contributed by atoms with Crippen molar-refractivity contribution in [3.63, 3.8) is 0 Å². The Bertz CT molecular complexity index is 1210. The van der Waals surface area contributed by atoms with Gasteiger partial charge in [-0.05, 0) is 43.3 Å². The summed E-state index contributed by atoms with van der Waals surface area (Å²) in [6.45, 7) is 4.08. The normalized spacial score (nSPS) is 16.0. The van der Waals surface area contributed by atoms with E-state index in [4.69, 9.17) is 0 Å². The van der Waals surface area contributed by atoms with Gasteiger partial charge in [0.25, 0.3) is 0 Å². The predicted octanol–water partition coefficient (Wildman–Crippen LogP) is 5.17. The Hall–Kier alpha value is -3.10. The lowest BCUT2D eigenvalue weighted by Gasteiger charge is -2.32. The zero-order valence-electron chi connectivity index (χ0n) is 18.4. The Kier molecular flexibility index (Phi) is 6.46. The number of nitrogens with zero attached hydrogens (tertiary/aromatic N) is 4. The van der Waals surface area contributed by atoms with Crippen molar-refractivity contribution in [1.82, 2.24) is 20.5 Å². The highest BCUT2D eigenvalue weighted by Gasteiger charge is 2.27. The van der Waals surface area contributed by atoms with Crippen LogP contribution in [0.25, 0.3) is 21.1 Å². The Morgan fingerprint density at radius 1 is 1.12 bits per heavy atom. The van der Waals surface area contributed by atoms with Crippen molar-refractivity contribution < 1.29 is 4.79 Å². The number of thiophene rings is 1. The first-order chi connectivity index (χ1) is 16.2. The van der Waals surface area contributed by atoms with Crippen LogP contribution in [0.2, 0.25) is 0 Å². The van der Waals surface area contributed by atoms with Crippen molar-refractivity contribution in [2.75, 3.05) is 18.0 Å². The molecule has 4 aromatic rings. The molecular weight excluding hydrogens is 450 g/mol. The zero-order valence-corrected chi connectivity index (χ0v) is 20.0. The number of benzene rings is 1. The van der Waals surface area contributed by atoms with Crippen molar-refractivity contribution in [3.05, 3.63) is 70.5 Å². The lowest BCUT2D eigenvalue weighted by atomic mass is 9.97. The molecule has 0 bridgehead atoms. The van der Waals surface area contributed by atoms with E-state index in [0.29, 0.717) is 13.1 Å². The molecule has 1 aliphatic heterocycles. The Morgan fingerprint density at radius 2 is 2.00 bits per heavy atom. The van der Waals surface area contributed by atoms with Crippen LogP contribution in [0, 0.1) is 12.8 Å². The first kappa shape index (κ1) is 21.7. The van der Waals surface area contributed by atoms with Crippen LogP contribution >= 0.6 is 22.7 Å². The predicted molar refractivity (Wildman–Crippen MR) is 134 cm³/mol. The topological polar surface area (TPSA) is 71.0 Å². The summed E-state index contributed by atoms with van der Waals surface area (Å²) >= 11 is 3.35. The summed E-state index contributed by atoms with van der Waals surface area (Å²) in [4.78, 5) is 22.1. The molecule has 0 aliphatic carbocycles. The van der Waals surface area contributed by atoms with Gasteiger partial charge < -0.3 is 10.2 Å². The minimum atomic E-state index is -0.0562. The molecule has 1 N–H and O–H groups in total. The van der Waals surface area contributed by atoms with Crippen molar-refractivity contribution >= 4 is 34.4 Å². The van der Waals surface area contributed by atoms with Gasteiger partial charge in [-0.15, -0.1) is 32.9 Å². The summed E-state index contributed by atoms with van der Waals surface area (Å²) in [6.07, 6.45) is 1.85. The van der Waals surface area contributed by atoms with Crippen LogP contribution in [0.4, 0.5) is 5.82 Å². The van der Waals surface area contributed by atoms with Gasteiger partial charge in [-0.1, -0.05) is 36.4 Å². The maximum atomic E-state index is 12.9. The maximum Gasteiger partial charge on any atom is 0.225 e. The van der Waals surface area contributed by atoms with Crippen LogP contribution in [0.1, 0.15) is 23.4 Å². The third kappa shape index (κ3) is 4.96. The fourth-order valence-electron chi connectivity index (χ4n) is 4.07. The van der Waals surface area contributed by atoms with E-state index in [2.05, 4.69) is 36.8 Å². The van der Waals surface area contributed by atoms with Gasteiger partial charge in [0.15, 0.2) is 5.82 Å². The second kappa shape index (κ2) is 9.80. The standard InChI is InChI=1S/C25H25N5OS2/c1-17-22(33-25(27-17)21-10-6-14-32-21)15-26-24(31)19-9-5-13-30(16-19)23-12-11-20(28-29-23)18-7-3-2-4-8-18/h2-4,6-8,10-12,14,19H,5,9,13,15-16H2,1H3,(H,26,31). The van der Waals surface area contributed by atoms with Crippen molar-refractivity contribution in [3.8, 4) is 21.1 Å². The van der Waals surface area contributed by atoms with E-state index in [1.165, 1.54) is 4.88 Å². The highest BCUT2D eigenvalue weighted by atomic mass is 32.1. The highest BCUT2D eigenvalue weighted by Crippen LogP contribution is 2.31. The molecule has 5 rings (SSSR count). The summed E-state index contributed by atoms with van der Waals surface area (Å²) in [5, 5.41) is 15.1. The fraction of sp³-hybridized carbons (Fsp3) is 0.280. The molecule has 0 saturated carbocycles. The van der Waals surface area contributed by atoms with Crippen LogP contribution in [0.15, 0.2) is 60.0 Å². The lowest BCUT2D eigenvalue weighted by molar-refractivity contribution is -0.125. The van der Waals surface area contributed by atoms with E-state index in [1.807, 2.05) is 55.5 Å². The average Bonchev–Trinajstić information content (AvgIpc) is 3.53. The maximum absolute atomic E-state index is 12.9. The van der Waals surface area contributed by atoms with Gasteiger partial charge >= 0.3 is 0 Å². The van der Waals surface area contributed by atoms with Gasteiger partial charge in [-0.25, -0.2) is 4.98 Å². The molecule has 1 fully saturated rings. The molecular formula is C25H25N5OS2. The Balaban J connectivity index is 1.20. The smallest absolute Gasteiger partial charge is 0.225 e. The minimum absolute atomic E-state index is 0.0562. The molecule has 4 heterocycles. The number of aryl methyl sites for hydroxylation is 1. The van der Waals surface area contributed by atoms with Crippen LogP contribution in [0.3, 0.4) is 0 Å². The highest BCUT2D eigenvalue weighted by molar-refractivity contribution is 7.21. The van der Waals surface area contributed by atoms with Crippen LogP contribution in [0.5, 0.6) is 0 Å². The van der Waals surface area contributed by atoms with Crippen LogP contribution in [-0.4, -0.2) is 34.2 Å². The summed E-state index contributed by atoms with van der Waals surface area (Å²) in [5.74, 6) is 0.865. The SMILES string of the molecule is Cc1nc(-c2cccs2)sc1CNC(=O)C1CCCN(c2ccc(-c3ccccc3)nn2)C1. The van der Waals surface area contributed by atoms with E-state index in [9.17, 15) is 4.79 Å². The van der Waals surface area contributed by atoms with E-state index >= 15 is 0 Å². The largest absolute Gasteiger partial charge is 0.354 e. The molecule has 1 atom stereocenters. The molecule has 8 heteroatoms. The number of carbonyl (C=O) groups excluding carboxylic acids is 1. The number of aromatic nitrogens is 3. The number of hydrogen-bond acceptors (Lipinski definition) is 7.